The molecule has 2 N–H and O–H groups in total. The van der Waals surface area contributed by atoms with Crippen LogP contribution in [0.1, 0.15) is 62.8 Å². The van der Waals surface area contributed by atoms with E-state index in [9.17, 15) is 27.6 Å². The molecule has 0 atom stereocenters. The van der Waals surface area contributed by atoms with Gasteiger partial charge in [-0.15, -0.1) is 0 Å². The van der Waals surface area contributed by atoms with Crippen molar-refractivity contribution in [3.05, 3.63) is 94.5 Å². The first-order valence-corrected chi connectivity index (χ1v) is 25.4. The fourth-order valence-corrected chi connectivity index (χ4v) is 9.16. The van der Waals surface area contributed by atoms with Gasteiger partial charge in [-0.2, -0.15) is 10.2 Å². The number of aromatic nitrogens is 8. The van der Waals surface area contributed by atoms with E-state index in [1.807, 2.05) is 48.7 Å². The maximum absolute atomic E-state index is 12.3. The van der Waals surface area contributed by atoms with Crippen LogP contribution in [0.2, 0.25) is 10.0 Å². The number of benzene rings is 2. The van der Waals surface area contributed by atoms with E-state index in [0.29, 0.717) is 71.2 Å². The summed E-state index contributed by atoms with van der Waals surface area (Å²) in [6.45, 7) is 4.21. The zero-order chi connectivity index (χ0) is 48.5. The van der Waals surface area contributed by atoms with Gasteiger partial charge < -0.3 is 19.3 Å². The number of ether oxygens (including phenoxy) is 2. The molecule has 0 aliphatic carbocycles. The lowest BCUT2D eigenvalue weighted by molar-refractivity contribution is -0.150. The van der Waals surface area contributed by atoms with E-state index >= 15 is 0 Å². The molecule has 4 aromatic heterocycles. The first-order valence-electron chi connectivity index (χ1n) is 21.5. The minimum Gasteiger partial charge on any atom is -0.456 e. The van der Waals surface area contributed by atoms with Crippen molar-refractivity contribution in [3.8, 4) is 45.0 Å². The van der Waals surface area contributed by atoms with E-state index in [2.05, 4.69) is 35.3 Å². The van der Waals surface area contributed by atoms with Crippen molar-refractivity contribution in [2.45, 2.75) is 61.7 Å². The summed E-state index contributed by atoms with van der Waals surface area (Å²) in [6, 6.07) is 18.3. The molecule has 68 heavy (non-hydrogen) atoms. The zero-order valence-corrected chi connectivity index (χ0v) is 40.7. The largest absolute Gasteiger partial charge is 0.456 e. The van der Waals surface area contributed by atoms with Crippen LogP contribution in [0.15, 0.2) is 83.4 Å². The summed E-state index contributed by atoms with van der Waals surface area (Å²) >= 11 is 13.6. The molecule has 2 aromatic carbocycles. The summed E-state index contributed by atoms with van der Waals surface area (Å²) in [7, 11) is -3.62. The second-order valence-corrected chi connectivity index (χ2v) is 19.6. The fourth-order valence-electron chi connectivity index (χ4n) is 8.04. The van der Waals surface area contributed by atoms with Gasteiger partial charge in [0.05, 0.1) is 11.4 Å². The van der Waals surface area contributed by atoms with Gasteiger partial charge in [-0.05, 0) is 68.3 Å². The molecule has 2 aliphatic rings. The Morgan fingerprint density at radius 3 is 1.47 bits per heavy atom. The average Bonchev–Trinajstić information content (AvgIpc) is 3.99. The number of nitrogens with one attached hydrogen (secondary N) is 2. The maximum atomic E-state index is 12.3. The molecule has 2 fully saturated rings. The summed E-state index contributed by atoms with van der Waals surface area (Å²) in [6.07, 6.45) is 8.99. The van der Waals surface area contributed by atoms with Gasteiger partial charge in [0, 0.05) is 114 Å². The van der Waals surface area contributed by atoms with Gasteiger partial charge in [0.2, 0.25) is 15.0 Å². The lowest BCUT2D eigenvalue weighted by Crippen LogP contribution is -2.40. The molecule has 2 amide bonds. The van der Waals surface area contributed by atoms with Crippen LogP contribution in [0.25, 0.3) is 45.0 Å². The van der Waals surface area contributed by atoms with Crippen LogP contribution in [0, 0.1) is 0 Å². The van der Waals surface area contributed by atoms with Crippen molar-refractivity contribution in [1.82, 2.24) is 50.1 Å². The molecular formula is C46H48Cl2N10O8S2. The number of hydrogen-bond acceptors (Lipinski definition) is 15. The minimum atomic E-state index is -3.62. The molecule has 0 saturated carbocycles. The van der Waals surface area contributed by atoms with Crippen molar-refractivity contribution >= 4 is 68.6 Å². The summed E-state index contributed by atoms with van der Waals surface area (Å²) < 4.78 is 33.9. The van der Waals surface area contributed by atoms with E-state index in [1.54, 1.807) is 34.2 Å². The number of rotatable bonds is 12. The number of hydrogen-bond donors (Lipinski definition) is 2. The molecule has 2 saturated heterocycles. The monoisotopic (exact) mass is 1000 g/mol. The summed E-state index contributed by atoms with van der Waals surface area (Å²) in [4.78, 5) is 67.3. The first-order chi connectivity index (χ1) is 32.6. The van der Waals surface area contributed by atoms with Crippen LogP contribution in [0.4, 0.5) is 0 Å². The molecule has 6 heterocycles. The van der Waals surface area contributed by atoms with Gasteiger partial charge in [-0.25, -0.2) is 28.4 Å². The number of H-pyrrole nitrogens is 2. The summed E-state index contributed by atoms with van der Waals surface area (Å²) in [5, 5.41) is 17.2. The highest BCUT2D eigenvalue weighted by molar-refractivity contribution is 7.98. The van der Waals surface area contributed by atoms with Gasteiger partial charge in [0.1, 0.15) is 11.4 Å². The van der Waals surface area contributed by atoms with Crippen LogP contribution in [-0.2, 0) is 38.5 Å². The van der Waals surface area contributed by atoms with Gasteiger partial charge in [0.25, 0.3) is 11.8 Å². The van der Waals surface area contributed by atoms with Gasteiger partial charge in [-0.3, -0.25) is 29.4 Å². The molecule has 0 spiro atoms. The quantitative estimate of drug-likeness (QED) is 0.0711. The molecule has 0 bridgehead atoms. The first kappa shape index (κ1) is 49.7. The highest BCUT2D eigenvalue weighted by Crippen LogP contribution is 2.41. The molecule has 18 nitrogen and oxygen atoms in total. The molecule has 6 aromatic rings. The van der Waals surface area contributed by atoms with E-state index in [0.717, 1.165) is 58.6 Å². The molecule has 8 rings (SSSR count). The Labute approximate surface area is 406 Å². The van der Waals surface area contributed by atoms with Gasteiger partial charge in [-0.1, -0.05) is 59.2 Å². The lowest BCUT2D eigenvalue weighted by atomic mass is 9.89. The Balaban J connectivity index is 0.000000202. The number of likely N-dealkylation sites (tertiary alicyclic amines) is 2. The molecule has 22 heteroatoms. The van der Waals surface area contributed by atoms with Crippen LogP contribution < -0.4 is 0 Å². The number of amides is 2. The highest BCUT2D eigenvalue weighted by atomic mass is 35.5. The van der Waals surface area contributed by atoms with Crippen molar-refractivity contribution in [2.75, 3.05) is 51.9 Å². The topological polar surface area (TPSA) is 236 Å². The molecule has 0 radical (unpaired) electrons. The number of esters is 2. The number of carbonyl (C=O) groups is 4. The van der Waals surface area contributed by atoms with Crippen molar-refractivity contribution in [3.63, 3.8) is 0 Å². The highest BCUT2D eigenvalue weighted by Gasteiger charge is 2.32. The number of halogens is 2. The Morgan fingerprint density at radius 1 is 0.662 bits per heavy atom. The Bertz CT molecular complexity index is 2880. The standard InChI is InChI=1S/C23H24ClN5O5S.C23H24ClN5O3S/c1-14(30)34-13-19(31)29-11-8-16(9-12-29)22-20(18-7-10-25-23(26-18)35(2,32)33)21(27-28-22)15-3-5-17(24)6-4-15;1-14(30)32-13-19(31)29-11-8-16(9-12-29)22-20(18-7-10-25-23(26-18)33-2)21(27-28-22)15-3-5-17(24)6-4-15/h3-7,10,16H,8-9,11-13H2,1-2H3,(H,27,28);3-7,10,16H,8-9,11-13H2,1-2H3,(H,27,28). The molecule has 356 valence electrons. The summed E-state index contributed by atoms with van der Waals surface area (Å²) in [5.74, 6) is -1.16. The molecule has 2 aliphatic heterocycles. The summed E-state index contributed by atoms with van der Waals surface area (Å²) in [5.41, 5.74) is 7.82. The SMILES string of the molecule is CC(=O)OCC(=O)N1CCC(c2[nH]nc(-c3ccc(Cl)cc3)c2-c2ccnc(S(C)(=O)=O)n2)CC1.CSc1nccc(-c2c(-c3ccc(Cl)cc3)n[nH]c2C2CCN(C(=O)COC(C)=O)CC2)n1. The van der Waals surface area contributed by atoms with Crippen molar-refractivity contribution in [1.29, 1.82) is 0 Å². The lowest BCUT2D eigenvalue weighted by Gasteiger charge is -2.31. The third-order valence-electron chi connectivity index (χ3n) is 11.4. The smallest absolute Gasteiger partial charge is 0.303 e. The van der Waals surface area contributed by atoms with Crippen molar-refractivity contribution < 1.29 is 37.1 Å². The predicted octanol–water partition coefficient (Wildman–Crippen LogP) is 7.04. The van der Waals surface area contributed by atoms with Crippen LogP contribution in [-0.4, -0.2) is 134 Å². The molecule has 0 unspecified atom stereocenters. The Kier molecular flexibility index (Phi) is 16.3. The van der Waals surface area contributed by atoms with E-state index in [1.165, 1.54) is 31.8 Å². The fraction of sp³-hybridized carbons (Fsp3) is 0.348. The predicted molar refractivity (Wildman–Crippen MR) is 255 cm³/mol. The number of carbonyl (C=O) groups excluding carboxylic acids is 4. The van der Waals surface area contributed by atoms with Crippen LogP contribution in [0.3, 0.4) is 0 Å². The average molecular weight is 1000 g/mol. The second kappa shape index (κ2) is 22.3. The van der Waals surface area contributed by atoms with Gasteiger partial charge in [0.15, 0.2) is 18.4 Å². The van der Waals surface area contributed by atoms with Crippen LogP contribution >= 0.6 is 35.0 Å². The zero-order valence-electron chi connectivity index (χ0n) is 37.6. The van der Waals surface area contributed by atoms with Crippen LogP contribution in [0.5, 0.6) is 0 Å². The van der Waals surface area contributed by atoms with Crippen molar-refractivity contribution in [2.24, 2.45) is 0 Å². The second-order valence-electron chi connectivity index (χ2n) is 16.0. The normalized spacial score (nSPS) is 14.5. The Hall–Kier alpha value is -6.22. The number of nitrogens with zero attached hydrogens (tertiary/aromatic N) is 8. The van der Waals surface area contributed by atoms with Gasteiger partial charge >= 0.3 is 11.9 Å². The van der Waals surface area contributed by atoms with E-state index in [4.69, 9.17) is 37.7 Å². The number of thioether (sulfide) groups is 1. The molecular weight excluding hydrogens is 956 g/mol. The number of piperidine rings is 2. The maximum Gasteiger partial charge on any atom is 0.303 e. The third kappa shape index (κ3) is 12.3. The van der Waals surface area contributed by atoms with E-state index < -0.39 is 21.8 Å². The minimum absolute atomic E-state index is 0.0213. The Morgan fingerprint density at radius 2 is 1.07 bits per heavy atom. The number of aromatic amines is 2. The third-order valence-corrected chi connectivity index (χ3v) is 13.4. The van der Waals surface area contributed by atoms with E-state index in [-0.39, 0.29) is 42.0 Å². The number of sulfone groups is 1.